The predicted octanol–water partition coefficient (Wildman–Crippen LogP) is 1.83. The molecule has 19 heavy (non-hydrogen) atoms. The molecule has 1 aliphatic rings. The van der Waals surface area contributed by atoms with E-state index < -0.39 is 0 Å². The molecule has 1 aromatic rings. The minimum absolute atomic E-state index is 0.134. The molecule has 0 radical (unpaired) electrons. The molecule has 0 saturated carbocycles. The molecule has 0 aromatic carbocycles. The van der Waals surface area contributed by atoms with Gasteiger partial charge in [0.25, 0.3) is 5.19 Å². The Morgan fingerprint density at radius 1 is 1.37 bits per heavy atom. The highest BCUT2D eigenvalue weighted by Crippen LogP contribution is 2.27. The van der Waals surface area contributed by atoms with Gasteiger partial charge in [0.05, 0.1) is 13.3 Å². The van der Waals surface area contributed by atoms with Gasteiger partial charge in [-0.3, -0.25) is 9.91 Å². The number of nitrogens with one attached hydrogen (secondary N) is 1. The van der Waals surface area contributed by atoms with E-state index in [2.05, 4.69) is 22.5 Å². The Kier molecular flexibility index (Phi) is 4.92. The number of ether oxygens (including phenoxy) is 1. The second-order valence-corrected chi connectivity index (χ2v) is 5.26. The summed E-state index contributed by atoms with van der Waals surface area (Å²) in [5.41, 5.74) is 2.90. The van der Waals surface area contributed by atoms with Crippen LogP contribution in [-0.2, 0) is 0 Å². The van der Waals surface area contributed by atoms with Crippen LogP contribution >= 0.6 is 11.3 Å². The molecule has 0 spiro atoms. The van der Waals surface area contributed by atoms with E-state index in [1.54, 1.807) is 7.05 Å². The van der Waals surface area contributed by atoms with Gasteiger partial charge >= 0.3 is 6.03 Å². The molecule has 1 fully saturated rings. The van der Waals surface area contributed by atoms with Gasteiger partial charge in [0, 0.05) is 7.05 Å². The van der Waals surface area contributed by atoms with Crippen molar-refractivity contribution >= 4 is 22.5 Å². The normalized spacial score (nSPS) is 15.4. The van der Waals surface area contributed by atoms with Crippen LogP contribution in [0.4, 0.5) is 9.93 Å². The van der Waals surface area contributed by atoms with Gasteiger partial charge < -0.3 is 4.74 Å². The minimum atomic E-state index is -0.134. The molecule has 1 aliphatic heterocycles. The van der Waals surface area contributed by atoms with Crippen LogP contribution in [0.5, 0.6) is 5.19 Å². The Labute approximate surface area is 116 Å². The zero-order valence-corrected chi connectivity index (χ0v) is 12.1. The van der Waals surface area contributed by atoms with Crippen molar-refractivity contribution in [2.45, 2.75) is 32.6 Å². The lowest BCUT2D eigenvalue weighted by Crippen LogP contribution is -2.31. The third-order valence-electron chi connectivity index (χ3n) is 2.83. The molecule has 1 aromatic heterocycles. The van der Waals surface area contributed by atoms with Crippen molar-refractivity contribution in [2.24, 2.45) is 0 Å². The quantitative estimate of drug-likeness (QED) is 0.774. The van der Waals surface area contributed by atoms with Gasteiger partial charge in [-0.05, 0) is 17.8 Å². The van der Waals surface area contributed by atoms with Crippen LogP contribution in [0.25, 0.3) is 0 Å². The Morgan fingerprint density at radius 2 is 2.21 bits per heavy atom. The van der Waals surface area contributed by atoms with Crippen molar-refractivity contribution < 1.29 is 9.53 Å². The SMILES string of the molecule is CCCCCCOc1nnc(N2CNN(C)C2=O)s1. The molecule has 1 N–H and O–H groups in total. The third kappa shape index (κ3) is 3.54. The Morgan fingerprint density at radius 3 is 2.89 bits per heavy atom. The summed E-state index contributed by atoms with van der Waals surface area (Å²) in [4.78, 5) is 13.3. The maximum atomic E-state index is 11.7. The molecule has 0 atom stereocenters. The number of urea groups is 1. The highest BCUT2D eigenvalue weighted by molar-refractivity contribution is 7.17. The number of hydrogen-bond acceptors (Lipinski definition) is 6. The second kappa shape index (κ2) is 6.67. The van der Waals surface area contributed by atoms with Crippen LogP contribution in [0, 0.1) is 0 Å². The average Bonchev–Trinajstić information content (AvgIpc) is 2.98. The van der Waals surface area contributed by atoms with Crippen LogP contribution in [0.1, 0.15) is 32.6 Å². The summed E-state index contributed by atoms with van der Waals surface area (Å²) in [5.74, 6) is 0. The number of rotatable bonds is 7. The first-order chi connectivity index (χ1) is 9.22. The molecule has 8 heteroatoms. The van der Waals surface area contributed by atoms with E-state index in [0.29, 0.717) is 23.6 Å². The van der Waals surface area contributed by atoms with Crippen molar-refractivity contribution in [1.29, 1.82) is 0 Å². The number of aromatic nitrogens is 2. The Balaban J connectivity index is 1.80. The number of amides is 2. The van der Waals surface area contributed by atoms with Crippen LogP contribution < -0.4 is 15.1 Å². The van der Waals surface area contributed by atoms with E-state index in [1.165, 1.54) is 40.5 Å². The highest BCUT2D eigenvalue weighted by atomic mass is 32.1. The number of hydrazine groups is 1. The van der Waals surface area contributed by atoms with Crippen molar-refractivity contribution in [3.63, 3.8) is 0 Å². The number of carbonyl (C=O) groups excluding carboxylic acids is 1. The number of unbranched alkanes of at least 4 members (excludes halogenated alkanes) is 3. The number of hydrogen-bond donors (Lipinski definition) is 1. The zero-order chi connectivity index (χ0) is 13.7. The van der Waals surface area contributed by atoms with E-state index in [4.69, 9.17) is 4.74 Å². The van der Waals surface area contributed by atoms with Gasteiger partial charge in [-0.15, -0.1) is 5.10 Å². The summed E-state index contributed by atoms with van der Waals surface area (Å²) in [6.07, 6.45) is 4.63. The smallest absolute Gasteiger partial charge is 0.341 e. The Hall–Kier alpha value is -1.41. The summed E-state index contributed by atoms with van der Waals surface area (Å²) >= 11 is 1.29. The summed E-state index contributed by atoms with van der Waals surface area (Å²) < 4.78 is 5.53. The molecule has 2 rings (SSSR count). The van der Waals surface area contributed by atoms with Crippen LogP contribution in [-0.4, -0.2) is 41.6 Å². The Bertz CT molecular complexity index is 425. The molecule has 1 saturated heterocycles. The van der Waals surface area contributed by atoms with Gasteiger partial charge in [-0.1, -0.05) is 31.3 Å². The standard InChI is InChI=1S/C11H19N5O2S/c1-3-4-5-6-7-18-10-14-13-9(19-10)16-8-12-15(2)11(16)17/h12H,3-8H2,1-2H3. The number of nitrogens with zero attached hydrogens (tertiary/aromatic N) is 4. The van der Waals surface area contributed by atoms with Gasteiger partial charge in [0.1, 0.15) is 0 Å². The van der Waals surface area contributed by atoms with E-state index in [-0.39, 0.29) is 6.03 Å². The second-order valence-electron chi connectivity index (χ2n) is 4.35. The molecule has 7 nitrogen and oxygen atoms in total. The first-order valence-electron chi connectivity index (χ1n) is 6.47. The summed E-state index contributed by atoms with van der Waals surface area (Å²) in [7, 11) is 1.68. The van der Waals surface area contributed by atoms with Gasteiger partial charge in [-0.2, -0.15) is 0 Å². The van der Waals surface area contributed by atoms with Crippen molar-refractivity contribution in [2.75, 3.05) is 25.2 Å². The van der Waals surface area contributed by atoms with Crippen LogP contribution in [0.2, 0.25) is 0 Å². The maximum Gasteiger partial charge on any atom is 0.341 e. The van der Waals surface area contributed by atoms with Gasteiger partial charge in [0.2, 0.25) is 5.13 Å². The van der Waals surface area contributed by atoms with Crippen molar-refractivity contribution in [1.82, 2.24) is 20.6 Å². The van der Waals surface area contributed by atoms with Crippen LogP contribution in [0.15, 0.2) is 0 Å². The third-order valence-corrected chi connectivity index (χ3v) is 3.69. The first kappa shape index (κ1) is 14.0. The van der Waals surface area contributed by atoms with Gasteiger partial charge in [-0.25, -0.2) is 10.2 Å². The predicted molar refractivity (Wildman–Crippen MR) is 73.2 cm³/mol. The molecule has 106 valence electrons. The fraction of sp³-hybridized carbons (Fsp3) is 0.727. The topological polar surface area (TPSA) is 70.6 Å². The first-order valence-corrected chi connectivity index (χ1v) is 7.29. The summed E-state index contributed by atoms with van der Waals surface area (Å²) in [6.45, 7) is 3.25. The molecule has 0 unspecified atom stereocenters. The molecular weight excluding hydrogens is 266 g/mol. The highest BCUT2D eigenvalue weighted by Gasteiger charge is 2.29. The van der Waals surface area contributed by atoms with E-state index in [0.717, 1.165) is 6.42 Å². The fourth-order valence-electron chi connectivity index (χ4n) is 1.70. The maximum absolute atomic E-state index is 11.7. The summed E-state index contributed by atoms with van der Waals surface area (Å²) in [6, 6.07) is -0.134. The number of carbonyl (C=O) groups is 1. The van der Waals surface area contributed by atoms with Crippen molar-refractivity contribution in [3.8, 4) is 5.19 Å². The lowest BCUT2D eigenvalue weighted by molar-refractivity contribution is 0.217. The zero-order valence-electron chi connectivity index (χ0n) is 11.3. The average molecular weight is 285 g/mol. The molecule has 2 amide bonds. The van der Waals surface area contributed by atoms with E-state index in [9.17, 15) is 4.79 Å². The van der Waals surface area contributed by atoms with Crippen LogP contribution in [0.3, 0.4) is 0 Å². The van der Waals surface area contributed by atoms with E-state index in [1.807, 2.05) is 0 Å². The van der Waals surface area contributed by atoms with E-state index >= 15 is 0 Å². The number of anilines is 1. The monoisotopic (exact) mass is 285 g/mol. The van der Waals surface area contributed by atoms with Gasteiger partial charge in [0.15, 0.2) is 0 Å². The molecular formula is C11H19N5O2S. The lowest BCUT2D eigenvalue weighted by atomic mass is 10.2. The van der Waals surface area contributed by atoms with Crippen molar-refractivity contribution in [3.05, 3.63) is 0 Å². The largest absolute Gasteiger partial charge is 0.469 e. The lowest BCUT2D eigenvalue weighted by Gasteiger charge is -2.08. The molecule has 0 bridgehead atoms. The fourth-order valence-corrected chi connectivity index (χ4v) is 2.42. The molecule has 2 heterocycles. The summed E-state index contributed by atoms with van der Waals surface area (Å²) in [5, 5.41) is 10.4. The molecule has 0 aliphatic carbocycles. The minimum Gasteiger partial charge on any atom is -0.469 e.